The molecule has 0 aliphatic carbocycles. The summed E-state index contributed by atoms with van der Waals surface area (Å²) in [6.45, 7) is 1.92. The van der Waals surface area contributed by atoms with E-state index in [4.69, 9.17) is 10.5 Å². The number of hydrogen-bond donors (Lipinski definition) is 1. The van der Waals surface area contributed by atoms with Gasteiger partial charge in [0, 0.05) is 31.5 Å². The van der Waals surface area contributed by atoms with Crippen molar-refractivity contribution in [3.63, 3.8) is 0 Å². The summed E-state index contributed by atoms with van der Waals surface area (Å²) in [5.74, 6) is -0.496. The van der Waals surface area contributed by atoms with Gasteiger partial charge in [-0.25, -0.2) is 4.79 Å². The minimum Gasteiger partial charge on any atom is -0.465 e. The molecule has 0 aliphatic heterocycles. The minimum atomic E-state index is -0.439. The molecule has 1 aromatic heterocycles. The number of anilines is 1. The molecule has 1 amide bonds. The molecule has 7 nitrogen and oxygen atoms in total. The second-order valence-corrected chi connectivity index (χ2v) is 5.44. The van der Waals surface area contributed by atoms with E-state index in [1.54, 1.807) is 50.2 Å². The second kappa shape index (κ2) is 6.51. The highest BCUT2D eigenvalue weighted by atomic mass is 16.5. The topological polar surface area (TPSA) is 90.4 Å². The third-order valence-corrected chi connectivity index (χ3v) is 3.62. The molecule has 7 heteroatoms. The van der Waals surface area contributed by atoms with Crippen molar-refractivity contribution in [3.8, 4) is 11.1 Å². The molecular weight excluding hydrogens is 296 g/mol. The third kappa shape index (κ3) is 3.50. The Kier molecular flexibility index (Phi) is 4.68. The van der Waals surface area contributed by atoms with E-state index in [2.05, 4.69) is 5.10 Å². The fourth-order valence-electron chi connectivity index (χ4n) is 2.10. The fraction of sp³-hybridized carbons (Fsp3) is 0.312. The highest BCUT2D eigenvalue weighted by Crippen LogP contribution is 2.27. The van der Waals surface area contributed by atoms with Crippen molar-refractivity contribution >= 4 is 17.6 Å². The van der Waals surface area contributed by atoms with E-state index in [9.17, 15) is 9.59 Å². The van der Waals surface area contributed by atoms with Gasteiger partial charge in [-0.05, 0) is 30.2 Å². The SMILES string of the molecule is COC(=O)c1cc(-c2cnn(CC(=O)N(C)C)c2)cc(N)c1C. The highest BCUT2D eigenvalue weighted by molar-refractivity contribution is 5.94. The zero-order valence-corrected chi connectivity index (χ0v) is 13.7. The van der Waals surface area contributed by atoms with Gasteiger partial charge in [-0.3, -0.25) is 9.48 Å². The maximum atomic E-state index is 11.8. The number of carbonyl (C=O) groups excluding carboxylic acids is 2. The number of hydrogen-bond acceptors (Lipinski definition) is 5. The summed E-state index contributed by atoms with van der Waals surface area (Å²) in [5.41, 5.74) is 9.09. The summed E-state index contributed by atoms with van der Waals surface area (Å²) in [7, 11) is 4.71. The van der Waals surface area contributed by atoms with Gasteiger partial charge in [0.25, 0.3) is 0 Å². The zero-order valence-electron chi connectivity index (χ0n) is 13.7. The maximum Gasteiger partial charge on any atom is 0.338 e. The zero-order chi connectivity index (χ0) is 17.1. The van der Waals surface area contributed by atoms with Crippen LogP contribution in [0.2, 0.25) is 0 Å². The van der Waals surface area contributed by atoms with E-state index >= 15 is 0 Å². The van der Waals surface area contributed by atoms with Crippen molar-refractivity contribution in [2.45, 2.75) is 13.5 Å². The van der Waals surface area contributed by atoms with Gasteiger partial charge in [-0.15, -0.1) is 0 Å². The number of carbonyl (C=O) groups is 2. The van der Waals surface area contributed by atoms with Gasteiger partial charge >= 0.3 is 5.97 Å². The Morgan fingerprint density at radius 3 is 2.61 bits per heavy atom. The number of rotatable bonds is 4. The Labute approximate surface area is 134 Å². The third-order valence-electron chi connectivity index (χ3n) is 3.62. The van der Waals surface area contributed by atoms with E-state index < -0.39 is 5.97 Å². The van der Waals surface area contributed by atoms with E-state index in [0.29, 0.717) is 16.8 Å². The number of esters is 1. The number of amides is 1. The molecule has 1 aromatic carbocycles. The van der Waals surface area contributed by atoms with Crippen LogP contribution in [0.15, 0.2) is 24.5 Å². The molecule has 0 spiro atoms. The Hall–Kier alpha value is -2.83. The molecule has 0 bridgehead atoms. The molecule has 0 atom stereocenters. The fourth-order valence-corrected chi connectivity index (χ4v) is 2.10. The molecule has 0 unspecified atom stereocenters. The molecule has 2 N–H and O–H groups in total. The van der Waals surface area contributed by atoms with Crippen LogP contribution in [0.5, 0.6) is 0 Å². The lowest BCUT2D eigenvalue weighted by atomic mass is 10.00. The van der Waals surface area contributed by atoms with Crippen molar-refractivity contribution in [1.82, 2.24) is 14.7 Å². The van der Waals surface area contributed by atoms with Crippen molar-refractivity contribution in [2.24, 2.45) is 0 Å². The second-order valence-electron chi connectivity index (χ2n) is 5.44. The minimum absolute atomic E-state index is 0.0571. The summed E-state index contributed by atoms with van der Waals surface area (Å²) in [6.07, 6.45) is 3.38. The summed E-state index contributed by atoms with van der Waals surface area (Å²) in [5, 5.41) is 4.17. The van der Waals surface area contributed by atoms with Crippen LogP contribution in [0.4, 0.5) is 5.69 Å². The van der Waals surface area contributed by atoms with Gasteiger partial charge in [0.1, 0.15) is 6.54 Å². The number of nitrogens with zero attached hydrogens (tertiary/aromatic N) is 3. The van der Waals surface area contributed by atoms with Crippen LogP contribution in [-0.4, -0.2) is 47.8 Å². The molecular formula is C16H20N4O3. The van der Waals surface area contributed by atoms with Gasteiger partial charge in [0.05, 0.1) is 18.9 Å². The van der Waals surface area contributed by atoms with Crippen molar-refractivity contribution in [2.75, 3.05) is 26.9 Å². The van der Waals surface area contributed by atoms with Gasteiger partial charge < -0.3 is 15.4 Å². The van der Waals surface area contributed by atoms with Gasteiger partial charge in [-0.2, -0.15) is 5.10 Å². The van der Waals surface area contributed by atoms with E-state index in [1.807, 2.05) is 0 Å². The normalized spacial score (nSPS) is 10.4. The molecule has 0 saturated carbocycles. The van der Waals surface area contributed by atoms with Crippen LogP contribution in [0.25, 0.3) is 11.1 Å². The quantitative estimate of drug-likeness (QED) is 0.678. The average molecular weight is 316 g/mol. The molecule has 2 rings (SSSR count). The maximum absolute atomic E-state index is 11.8. The molecule has 0 saturated heterocycles. The number of likely N-dealkylation sites (N-methyl/N-ethyl adjacent to an activating group) is 1. The lowest BCUT2D eigenvalue weighted by Crippen LogP contribution is -2.26. The predicted molar refractivity (Wildman–Crippen MR) is 86.8 cm³/mol. The van der Waals surface area contributed by atoms with Crippen LogP contribution in [0.1, 0.15) is 15.9 Å². The molecule has 0 aliphatic rings. The highest BCUT2D eigenvalue weighted by Gasteiger charge is 2.15. The van der Waals surface area contributed by atoms with Crippen LogP contribution < -0.4 is 5.73 Å². The van der Waals surface area contributed by atoms with E-state index in [-0.39, 0.29) is 12.5 Å². The molecule has 122 valence electrons. The molecule has 0 radical (unpaired) electrons. The average Bonchev–Trinajstić information content (AvgIpc) is 2.97. The Bertz CT molecular complexity index is 750. The lowest BCUT2D eigenvalue weighted by Gasteiger charge is -2.10. The standard InChI is InChI=1S/C16H20N4O3/c1-10-13(16(22)23-4)5-11(6-14(10)17)12-7-18-20(8-12)9-15(21)19(2)3/h5-8H,9,17H2,1-4H3. The summed E-state index contributed by atoms with van der Waals surface area (Å²) >= 11 is 0. The Balaban J connectivity index is 2.36. The Morgan fingerprint density at radius 2 is 2.00 bits per heavy atom. The van der Waals surface area contributed by atoms with Crippen molar-refractivity contribution < 1.29 is 14.3 Å². The first-order valence-electron chi connectivity index (χ1n) is 7.05. The number of benzene rings is 1. The van der Waals surface area contributed by atoms with Gasteiger partial charge in [-0.1, -0.05) is 0 Å². The van der Waals surface area contributed by atoms with Crippen LogP contribution in [0, 0.1) is 6.92 Å². The van der Waals surface area contributed by atoms with Crippen molar-refractivity contribution in [1.29, 1.82) is 0 Å². The number of nitrogens with two attached hydrogens (primary N) is 1. The number of aromatic nitrogens is 2. The summed E-state index contributed by atoms with van der Waals surface area (Å²) in [6, 6.07) is 3.49. The molecule has 2 aromatic rings. The van der Waals surface area contributed by atoms with E-state index in [0.717, 1.165) is 11.1 Å². The van der Waals surface area contributed by atoms with Crippen LogP contribution in [0.3, 0.4) is 0 Å². The predicted octanol–water partition coefficient (Wildman–Crippen LogP) is 1.32. The number of methoxy groups -OCH3 is 1. The lowest BCUT2D eigenvalue weighted by molar-refractivity contribution is -0.129. The molecule has 0 fully saturated rings. The Morgan fingerprint density at radius 1 is 1.30 bits per heavy atom. The number of ether oxygens (including phenoxy) is 1. The monoisotopic (exact) mass is 316 g/mol. The van der Waals surface area contributed by atoms with Crippen molar-refractivity contribution in [3.05, 3.63) is 35.7 Å². The van der Waals surface area contributed by atoms with Crippen LogP contribution >= 0.6 is 0 Å². The first-order chi connectivity index (χ1) is 10.8. The van der Waals surface area contributed by atoms with Crippen LogP contribution in [-0.2, 0) is 16.1 Å². The number of nitrogen functional groups attached to an aromatic ring is 1. The van der Waals surface area contributed by atoms with Gasteiger partial charge in [0.15, 0.2) is 0 Å². The summed E-state index contributed by atoms with van der Waals surface area (Å²) < 4.78 is 6.33. The van der Waals surface area contributed by atoms with Gasteiger partial charge in [0.2, 0.25) is 5.91 Å². The molecule has 23 heavy (non-hydrogen) atoms. The summed E-state index contributed by atoms with van der Waals surface area (Å²) in [4.78, 5) is 25.1. The largest absolute Gasteiger partial charge is 0.465 e. The first-order valence-corrected chi connectivity index (χ1v) is 7.05. The molecule has 1 heterocycles. The first kappa shape index (κ1) is 16.5. The smallest absolute Gasteiger partial charge is 0.338 e. The van der Waals surface area contributed by atoms with E-state index in [1.165, 1.54) is 12.0 Å².